The van der Waals surface area contributed by atoms with Crippen LogP contribution < -0.4 is 16.1 Å². The molecule has 0 bridgehead atoms. The standard InChI is InChI=1S/C23H35N3O6/c1-5-15(4)20(22(29)24-18(23(30)31)11-14(2)3)25-21(28)17(13-19(27)26-32)12-16-9-7-6-8-10-16/h6-10,14-15,17-18,20,32H,5,11-13H2,1-4H3,(H,24,29)(H,25,28)(H,26,27)(H,30,31)/t15?,17-,18-,20-/m0/s1. The molecule has 0 aliphatic heterocycles. The molecule has 1 aromatic rings. The largest absolute Gasteiger partial charge is 0.480 e. The van der Waals surface area contributed by atoms with E-state index in [0.717, 1.165) is 5.56 Å². The van der Waals surface area contributed by atoms with Crippen LogP contribution in [0.5, 0.6) is 0 Å². The summed E-state index contributed by atoms with van der Waals surface area (Å²) in [5, 5.41) is 23.6. The average molecular weight is 450 g/mol. The molecule has 9 heteroatoms. The number of amides is 3. The van der Waals surface area contributed by atoms with Crippen LogP contribution in [0.15, 0.2) is 30.3 Å². The molecular formula is C23H35N3O6. The first-order valence-corrected chi connectivity index (χ1v) is 10.9. The van der Waals surface area contributed by atoms with Gasteiger partial charge in [0.1, 0.15) is 12.1 Å². The van der Waals surface area contributed by atoms with Crippen LogP contribution in [0.25, 0.3) is 0 Å². The first kappa shape index (κ1) is 27.1. The van der Waals surface area contributed by atoms with E-state index in [-0.39, 0.29) is 31.1 Å². The van der Waals surface area contributed by atoms with Gasteiger partial charge >= 0.3 is 5.97 Å². The van der Waals surface area contributed by atoms with E-state index in [0.29, 0.717) is 6.42 Å². The van der Waals surface area contributed by atoms with E-state index in [1.54, 1.807) is 6.92 Å². The molecule has 1 rings (SSSR count). The molecule has 0 heterocycles. The van der Waals surface area contributed by atoms with Gasteiger partial charge in [0.15, 0.2) is 0 Å². The third-order valence-electron chi connectivity index (χ3n) is 5.37. The zero-order valence-corrected chi connectivity index (χ0v) is 19.1. The Hall–Kier alpha value is -2.94. The van der Waals surface area contributed by atoms with Crippen molar-refractivity contribution in [2.24, 2.45) is 17.8 Å². The number of hydrogen-bond donors (Lipinski definition) is 5. The molecule has 0 aliphatic rings. The lowest BCUT2D eigenvalue weighted by molar-refractivity contribution is -0.143. The summed E-state index contributed by atoms with van der Waals surface area (Å²) >= 11 is 0. The minimum Gasteiger partial charge on any atom is -0.480 e. The lowest BCUT2D eigenvalue weighted by Gasteiger charge is -2.27. The fraction of sp³-hybridized carbons (Fsp3) is 0.565. The van der Waals surface area contributed by atoms with Gasteiger partial charge in [0.2, 0.25) is 17.7 Å². The number of carbonyl (C=O) groups excluding carboxylic acids is 3. The maximum absolute atomic E-state index is 13.1. The number of carboxylic acid groups (broad SMARTS) is 1. The highest BCUT2D eigenvalue weighted by Gasteiger charge is 2.32. The lowest BCUT2D eigenvalue weighted by atomic mass is 9.92. The van der Waals surface area contributed by atoms with Crippen LogP contribution in [0.3, 0.4) is 0 Å². The first-order chi connectivity index (χ1) is 15.1. The van der Waals surface area contributed by atoms with Crippen molar-refractivity contribution in [1.29, 1.82) is 0 Å². The maximum atomic E-state index is 13.1. The number of hydroxylamine groups is 1. The van der Waals surface area contributed by atoms with Gasteiger partial charge in [0.05, 0.1) is 5.92 Å². The van der Waals surface area contributed by atoms with Crippen molar-refractivity contribution in [2.75, 3.05) is 0 Å². The summed E-state index contributed by atoms with van der Waals surface area (Å²) in [6, 6.07) is 7.07. The summed E-state index contributed by atoms with van der Waals surface area (Å²) in [5.41, 5.74) is 2.36. The summed E-state index contributed by atoms with van der Waals surface area (Å²) in [5.74, 6) is -3.98. The lowest BCUT2D eigenvalue weighted by Crippen LogP contribution is -2.55. The quantitative estimate of drug-likeness (QED) is 0.230. The molecule has 32 heavy (non-hydrogen) atoms. The molecule has 4 atom stereocenters. The second-order valence-corrected chi connectivity index (χ2v) is 8.53. The molecule has 0 aromatic heterocycles. The molecular weight excluding hydrogens is 414 g/mol. The maximum Gasteiger partial charge on any atom is 0.326 e. The zero-order chi connectivity index (χ0) is 24.3. The predicted molar refractivity (Wildman–Crippen MR) is 119 cm³/mol. The van der Waals surface area contributed by atoms with Gasteiger partial charge < -0.3 is 15.7 Å². The Balaban J connectivity index is 3.04. The predicted octanol–water partition coefficient (Wildman–Crippen LogP) is 1.89. The number of hydrogen-bond acceptors (Lipinski definition) is 5. The van der Waals surface area contributed by atoms with Crippen molar-refractivity contribution in [2.45, 2.75) is 65.5 Å². The number of rotatable bonds is 13. The summed E-state index contributed by atoms with van der Waals surface area (Å²) in [7, 11) is 0. The average Bonchev–Trinajstić information content (AvgIpc) is 2.75. The topological polar surface area (TPSA) is 145 Å². The Morgan fingerprint density at radius 3 is 2.09 bits per heavy atom. The monoisotopic (exact) mass is 449 g/mol. The van der Waals surface area contributed by atoms with E-state index in [1.807, 2.05) is 51.1 Å². The molecule has 0 saturated carbocycles. The van der Waals surface area contributed by atoms with Crippen LogP contribution in [-0.2, 0) is 25.6 Å². The zero-order valence-electron chi connectivity index (χ0n) is 19.1. The number of benzene rings is 1. The van der Waals surface area contributed by atoms with Crippen molar-refractivity contribution < 1.29 is 29.5 Å². The van der Waals surface area contributed by atoms with E-state index in [4.69, 9.17) is 5.21 Å². The van der Waals surface area contributed by atoms with Gasteiger partial charge in [0.25, 0.3) is 0 Å². The Morgan fingerprint density at radius 2 is 1.59 bits per heavy atom. The third kappa shape index (κ3) is 9.05. The summed E-state index contributed by atoms with van der Waals surface area (Å²) in [4.78, 5) is 49.3. The molecule has 1 unspecified atom stereocenters. The van der Waals surface area contributed by atoms with Crippen LogP contribution in [0.4, 0.5) is 0 Å². The Morgan fingerprint density at radius 1 is 0.969 bits per heavy atom. The smallest absolute Gasteiger partial charge is 0.326 e. The highest BCUT2D eigenvalue weighted by Crippen LogP contribution is 2.16. The number of carboxylic acids is 1. The van der Waals surface area contributed by atoms with Gasteiger partial charge in [0, 0.05) is 6.42 Å². The molecule has 0 fully saturated rings. The summed E-state index contributed by atoms with van der Waals surface area (Å²) in [6.07, 6.45) is 0.799. The Kier molecular flexibility index (Phi) is 11.4. The molecule has 1 aromatic carbocycles. The van der Waals surface area contributed by atoms with Gasteiger partial charge in [-0.1, -0.05) is 64.4 Å². The van der Waals surface area contributed by atoms with E-state index in [9.17, 15) is 24.3 Å². The fourth-order valence-electron chi connectivity index (χ4n) is 3.35. The van der Waals surface area contributed by atoms with Crippen molar-refractivity contribution in [1.82, 2.24) is 16.1 Å². The second kappa shape index (κ2) is 13.5. The molecule has 0 saturated heterocycles. The van der Waals surface area contributed by atoms with Gasteiger partial charge in [-0.3, -0.25) is 19.6 Å². The van der Waals surface area contributed by atoms with Crippen molar-refractivity contribution >= 4 is 23.7 Å². The van der Waals surface area contributed by atoms with E-state index < -0.39 is 41.7 Å². The fourth-order valence-corrected chi connectivity index (χ4v) is 3.35. The summed E-state index contributed by atoms with van der Waals surface area (Å²) < 4.78 is 0. The highest BCUT2D eigenvalue weighted by molar-refractivity contribution is 5.92. The van der Waals surface area contributed by atoms with E-state index in [2.05, 4.69) is 10.6 Å². The van der Waals surface area contributed by atoms with Crippen LogP contribution >= 0.6 is 0 Å². The number of carbonyl (C=O) groups is 4. The van der Waals surface area contributed by atoms with Crippen LogP contribution in [-0.4, -0.2) is 46.1 Å². The Bertz CT molecular complexity index is 768. The number of aliphatic carboxylic acids is 1. The molecule has 0 radical (unpaired) electrons. The van der Waals surface area contributed by atoms with E-state index >= 15 is 0 Å². The molecule has 178 valence electrons. The highest BCUT2D eigenvalue weighted by atomic mass is 16.5. The summed E-state index contributed by atoms with van der Waals surface area (Å²) in [6.45, 7) is 7.36. The SMILES string of the molecule is CCC(C)[C@H](NC(=O)[C@H](CC(=O)NO)Cc1ccccc1)C(=O)N[C@@H](CC(C)C)C(=O)O. The number of nitrogens with one attached hydrogen (secondary N) is 3. The Labute approximate surface area is 188 Å². The van der Waals surface area contributed by atoms with Gasteiger partial charge in [-0.2, -0.15) is 0 Å². The second-order valence-electron chi connectivity index (χ2n) is 8.53. The van der Waals surface area contributed by atoms with Gasteiger partial charge in [-0.05, 0) is 30.2 Å². The van der Waals surface area contributed by atoms with Crippen molar-refractivity contribution in [3.63, 3.8) is 0 Å². The molecule has 5 N–H and O–H groups in total. The molecule has 0 spiro atoms. The minimum absolute atomic E-state index is 0.0558. The van der Waals surface area contributed by atoms with Crippen LogP contribution in [0.2, 0.25) is 0 Å². The first-order valence-electron chi connectivity index (χ1n) is 10.9. The van der Waals surface area contributed by atoms with Crippen LogP contribution in [0.1, 0.15) is 52.5 Å². The minimum atomic E-state index is -1.14. The molecule has 9 nitrogen and oxygen atoms in total. The van der Waals surface area contributed by atoms with E-state index in [1.165, 1.54) is 5.48 Å². The van der Waals surface area contributed by atoms with Crippen LogP contribution in [0, 0.1) is 17.8 Å². The third-order valence-corrected chi connectivity index (χ3v) is 5.37. The molecule has 0 aliphatic carbocycles. The van der Waals surface area contributed by atoms with Gasteiger partial charge in [-0.25, -0.2) is 10.3 Å². The van der Waals surface area contributed by atoms with Crippen molar-refractivity contribution in [3.05, 3.63) is 35.9 Å². The van der Waals surface area contributed by atoms with Crippen molar-refractivity contribution in [3.8, 4) is 0 Å². The normalized spacial score (nSPS) is 14.7. The van der Waals surface area contributed by atoms with Gasteiger partial charge in [-0.15, -0.1) is 0 Å². The molecule has 3 amide bonds.